The van der Waals surface area contributed by atoms with E-state index in [-0.39, 0.29) is 18.8 Å². The van der Waals surface area contributed by atoms with E-state index < -0.39 is 0 Å². The summed E-state index contributed by atoms with van der Waals surface area (Å²) < 4.78 is 0. The first-order valence-electron chi connectivity index (χ1n) is 10.7. The molecule has 1 aromatic carbocycles. The Morgan fingerprint density at radius 2 is 2.03 bits per heavy atom. The molecule has 4 N–H and O–H groups in total. The van der Waals surface area contributed by atoms with Crippen LogP contribution in [0.4, 0.5) is 0 Å². The van der Waals surface area contributed by atoms with E-state index in [0.717, 1.165) is 31.3 Å². The van der Waals surface area contributed by atoms with Crippen LogP contribution in [0, 0.1) is 4.91 Å². The molecule has 2 aliphatic rings. The Balaban J connectivity index is 1.94. The Kier molecular flexibility index (Phi) is 7.28. The standard InChI is InChI=1S/C21H34N8O/c1-5-17(12-24-30)29(22)21-25-19(18-20(26-21)28(14-23-18)15(3)4)27(6-2)13-16-10-8-7-9-11-16/h7-11,15,17,19,23H,5-6,12-14,22H2,1-4H3,(H,25,26)/t17-,19?/m1/s1. The highest BCUT2D eigenvalue weighted by molar-refractivity contribution is 5.83. The summed E-state index contributed by atoms with van der Waals surface area (Å²) in [6.45, 7) is 10.9. The number of likely N-dealkylation sites (N-methyl/N-ethyl adjacent to an activating group) is 1. The van der Waals surface area contributed by atoms with Crippen LogP contribution in [0.25, 0.3) is 0 Å². The second-order valence-corrected chi connectivity index (χ2v) is 7.94. The Labute approximate surface area is 178 Å². The van der Waals surface area contributed by atoms with Crippen molar-refractivity contribution in [1.82, 2.24) is 25.4 Å². The van der Waals surface area contributed by atoms with Gasteiger partial charge in [0.1, 0.15) is 12.4 Å². The maximum Gasteiger partial charge on any atom is 0.216 e. The van der Waals surface area contributed by atoms with Gasteiger partial charge in [-0.1, -0.05) is 49.4 Å². The number of aliphatic imine (C=N–C) groups is 1. The highest BCUT2D eigenvalue weighted by Gasteiger charge is 2.37. The SMILES string of the molecule is CC[C@H](CN=O)N(N)C1=NC(N(CC)Cc2ccccc2)C2=C(N1)N(C(C)C)CN2. The van der Waals surface area contributed by atoms with Gasteiger partial charge in [0.25, 0.3) is 0 Å². The second kappa shape index (κ2) is 9.90. The molecule has 9 nitrogen and oxygen atoms in total. The Morgan fingerprint density at radius 3 is 2.63 bits per heavy atom. The smallest absolute Gasteiger partial charge is 0.216 e. The van der Waals surface area contributed by atoms with Crippen LogP contribution in [-0.4, -0.2) is 58.8 Å². The van der Waals surface area contributed by atoms with Crippen LogP contribution in [-0.2, 0) is 6.54 Å². The highest BCUT2D eigenvalue weighted by atomic mass is 16.3. The van der Waals surface area contributed by atoms with Gasteiger partial charge >= 0.3 is 0 Å². The van der Waals surface area contributed by atoms with Crippen LogP contribution in [0.15, 0.2) is 52.0 Å². The topological polar surface area (TPSA) is 102 Å². The lowest BCUT2D eigenvalue weighted by atomic mass is 10.1. The summed E-state index contributed by atoms with van der Waals surface area (Å²) in [6.07, 6.45) is 0.505. The molecule has 0 radical (unpaired) electrons. The van der Waals surface area contributed by atoms with E-state index in [0.29, 0.717) is 18.4 Å². The van der Waals surface area contributed by atoms with Gasteiger partial charge in [0.2, 0.25) is 5.96 Å². The third-order valence-corrected chi connectivity index (χ3v) is 5.71. The second-order valence-electron chi connectivity index (χ2n) is 7.94. The average molecular weight is 415 g/mol. The van der Waals surface area contributed by atoms with Crippen molar-refractivity contribution >= 4 is 5.96 Å². The minimum Gasteiger partial charge on any atom is -0.365 e. The van der Waals surface area contributed by atoms with E-state index in [9.17, 15) is 4.91 Å². The molecule has 3 rings (SSSR count). The molecule has 1 aromatic rings. The van der Waals surface area contributed by atoms with Crippen molar-refractivity contribution in [1.29, 1.82) is 0 Å². The molecule has 9 heteroatoms. The number of benzene rings is 1. The minimum atomic E-state index is -0.206. The third kappa shape index (κ3) is 4.57. The predicted molar refractivity (Wildman–Crippen MR) is 120 cm³/mol. The normalized spacial score (nSPS) is 19.4. The zero-order valence-electron chi connectivity index (χ0n) is 18.4. The van der Waals surface area contributed by atoms with Crippen LogP contribution >= 0.6 is 0 Å². The average Bonchev–Trinajstić information content (AvgIpc) is 3.20. The summed E-state index contributed by atoms with van der Waals surface area (Å²) >= 11 is 0. The van der Waals surface area contributed by atoms with Crippen LogP contribution in [0.2, 0.25) is 0 Å². The van der Waals surface area contributed by atoms with Crippen molar-refractivity contribution in [3.63, 3.8) is 0 Å². The van der Waals surface area contributed by atoms with E-state index in [1.54, 1.807) is 5.01 Å². The summed E-state index contributed by atoms with van der Waals surface area (Å²) in [6, 6.07) is 10.5. The molecular formula is C21H34N8O. The summed E-state index contributed by atoms with van der Waals surface area (Å²) in [7, 11) is 0. The fourth-order valence-corrected chi connectivity index (χ4v) is 3.86. The highest BCUT2D eigenvalue weighted by Crippen LogP contribution is 2.27. The molecule has 2 heterocycles. The number of hydrogen-bond acceptors (Lipinski definition) is 9. The number of nitrogens with two attached hydrogens (primary N) is 1. The van der Waals surface area contributed by atoms with Crippen LogP contribution < -0.4 is 16.5 Å². The number of guanidine groups is 1. The van der Waals surface area contributed by atoms with E-state index in [1.807, 2.05) is 13.0 Å². The quantitative estimate of drug-likeness (QED) is 0.322. The molecule has 0 aliphatic carbocycles. The summed E-state index contributed by atoms with van der Waals surface area (Å²) in [5, 5.41) is 11.6. The lowest BCUT2D eigenvalue weighted by Crippen LogP contribution is -2.56. The molecule has 30 heavy (non-hydrogen) atoms. The van der Waals surface area contributed by atoms with Gasteiger partial charge in [-0.15, -0.1) is 0 Å². The number of nitrogens with zero attached hydrogens (tertiary/aromatic N) is 5. The fourth-order valence-electron chi connectivity index (χ4n) is 3.86. The van der Waals surface area contributed by atoms with Gasteiger partial charge in [-0.2, -0.15) is 4.91 Å². The Morgan fingerprint density at radius 1 is 1.30 bits per heavy atom. The van der Waals surface area contributed by atoms with Gasteiger partial charge in [0.15, 0.2) is 6.17 Å². The zero-order chi connectivity index (χ0) is 21.7. The summed E-state index contributed by atoms with van der Waals surface area (Å²) in [5.41, 5.74) is 2.29. The maximum absolute atomic E-state index is 10.9. The predicted octanol–water partition coefficient (Wildman–Crippen LogP) is 1.95. The first-order valence-corrected chi connectivity index (χ1v) is 10.7. The molecule has 0 fully saturated rings. The fraction of sp³-hybridized carbons (Fsp3) is 0.571. The van der Waals surface area contributed by atoms with Gasteiger partial charge in [0, 0.05) is 12.6 Å². The van der Waals surface area contributed by atoms with Gasteiger partial charge in [-0.3, -0.25) is 9.91 Å². The lowest BCUT2D eigenvalue weighted by molar-refractivity contribution is 0.213. The van der Waals surface area contributed by atoms with Gasteiger partial charge in [-0.05, 0) is 32.4 Å². The molecule has 0 saturated carbocycles. The summed E-state index contributed by atoms with van der Waals surface area (Å²) in [4.78, 5) is 20.4. The summed E-state index contributed by atoms with van der Waals surface area (Å²) in [5.74, 6) is 7.97. The molecular weight excluding hydrogens is 380 g/mol. The largest absolute Gasteiger partial charge is 0.365 e. The molecule has 0 saturated heterocycles. The number of hydrazine groups is 1. The molecule has 0 spiro atoms. The molecule has 0 aromatic heterocycles. The number of rotatable bonds is 9. The number of nitroso groups, excluding NO2 is 1. The van der Waals surface area contributed by atoms with Crippen LogP contribution in [0.5, 0.6) is 0 Å². The molecule has 2 aliphatic heterocycles. The molecule has 2 atom stereocenters. The number of hydrogen-bond donors (Lipinski definition) is 3. The van der Waals surface area contributed by atoms with Crippen molar-refractivity contribution in [2.45, 2.75) is 58.9 Å². The van der Waals surface area contributed by atoms with Gasteiger partial charge in [0.05, 0.1) is 18.4 Å². The van der Waals surface area contributed by atoms with Gasteiger partial charge in [-0.25, -0.2) is 10.8 Å². The van der Waals surface area contributed by atoms with E-state index in [1.165, 1.54) is 5.56 Å². The first-order chi connectivity index (χ1) is 14.5. The van der Waals surface area contributed by atoms with E-state index in [2.05, 4.69) is 70.6 Å². The zero-order valence-corrected chi connectivity index (χ0v) is 18.4. The van der Waals surface area contributed by atoms with Crippen molar-refractivity contribution in [3.05, 3.63) is 52.3 Å². The molecule has 0 amide bonds. The molecule has 1 unspecified atom stereocenters. The van der Waals surface area contributed by atoms with E-state index in [4.69, 9.17) is 10.8 Å². The number of nitrogens with one attached hydrogen (secondary N) is 2. The van der Waals surface area contributed by atoms with Crippen LogP contribution in [0.1, 0.15) is 39.7 Å². The molecule has 164 valence electrons. The van der Waals surface area contributed by atoms with Crippen molar-refractivity contribution in [2.75, 3.05) is 19.8 Å². The van der Waals surface area contributed by atoms with Gasteiger partial charge < -0.3 is 15.5 Å². The van der Waals surface area contributed by atoms with Crippen molar-refractivity contribution in [2.24, 2.45) is 16.0 Å². The third-order valence-electron chi connectivity index (χ3n) is 5.71. The van der Waals surface area contributed by atoms with Crippen molar-refractivity contribution < 1.29 is 0 Å². The molecule has 0 bridgehead atoms. The Bertz CT molecular complexity index is 778. The Hall–Kier alpha value is -2.65. The monoisotopic (exact) mass is 414 g/mol. The van der Waals surface area contributed by atoms with Crippen LogP contribution in [0.3, 0.4) is 0 Å². The maximum atomic E-state index is 10.9. The lowest BCUT2D eigenvalue weighted by Gasteiger charge is -2.37. The first kappa shape index (κ1) is 22.0. The van der Waals surface area contributed by atoms with Crippen molar-refractivity contribution in [3.8, 4) is 0 Å². The minimum absolute atomic E-state index is 0.123. The van der Waals surface area contributed by atoms with E-state index >= 15 is 0 Å².